The number of rotatable bonds is 5. The second kappa shape index (κ2) is 7.91. The smallest absolute Gasteiger partial charge is 0.422 e. The van der Waals surface area contributed by atoms with Crippen LogP contribution in [-0.2, 0) is 4.74 Å². The van der Waals surface area contributed by atoms with E-state index in [9.17, 15) is 13.2 Å². The molecule has 0 aliphatic carbocycles. The summed E-state index contributed by atoms with van der Waals surface area (Å²) in [6.45, 7) is -1.35. The zero-order chi connectivity index (χ0) is 18.4. The Labute approximate surface area is 150 Å². The van der Waals surface area contributed by atoms with E-state index in [1.54, 1.807) is 24.3 Å². The Morgan fingerprint density at radius 2 is 1.00 bits per heavy atom. The van der Waals surface area contributed by atoms with Crippen LogP contribution in [0.25, 0.3) is 11.3 Å². The van der Waals surface area contributed by atoms with Crippen molar-refractivity contribution in [2.45, 2.75) is 6.18 Å². The van der Waals surface area contributed by atoms with E-state index in [0.717, 1.165) is 11.1 Å². The Morgan fingerprint density at radius 3 is 1.38 bits per heavy atom. The largest absolute Gasteiger partial charge is 0.483 e. The molecule has 0 atom stereocenters. The standard InChI is InChI=1S/C22H17F3O/c23-22(24,25)16-26-21(19-14-8-3-9-15-19)20(17-10-4-1-5-11-17)18-12-6-2-7-13-18/h1-15H,16H2. The zero-order valence-electron chi connectivity index (χ0n) is 13.9. The van der Waals surface area contributed by atoms with Crippen molar-refractivity contribution in [2.75, 3.05) is 6.61 Å². The Bertz CT molecular complexity index is 813. The molecule has 4 heteroatoms. The quantitative estimate of drug-likeness (QED) is 0.392. The summed E-state index contributed by atoms with van der Waals surface area (Å²) in [5.41, 5.74) is 2.81. The van der Waals surface area contributed by atoms with E-state index in [-0.39, 0.29) is 5.76 Å². The third-order valence-corrected chi connectivity index (χ3v) is 3.77. The van der Waals surface area contributed by atoms with Crippen LogP contribution >= 0.6 is 0 Å². The predicted octanol–water partition coefficient (Wildman–Crippen LogP) is 6.18. The van der Waals surface area contributed by atoms with Gasteiger partial charge in [0, 0.05) is 11.1 Å². The van der Waals surface area contributed by atoms with E-state index in [1.807, 2.05) is 66.7 Å². The Balaban J connectivity index is 2.22. The summed E-state index contributed by atoms with van der Waals surface area (Å²) in [6.07, 6.45) is -4.42. The van der Waals surface area contributed by atoms with E-state index in [4.69, 9.17) is 4.74 Å². The molecule has 132 valence electrons. The summed E-state index contributed by atoms with van der Waals surface area (Å²) in [5.74, 6) is 0.209. The van der Waals surface area contributed by atoms with E-state index in [0.29, 0.717) is 11.1 Å². The molecule has 0 heterocycles. The van der Waals surface area contributed by atoms with Crippen molar-refractivity contribution in [1.29, 1.82) is 0 Å². The summed E-state index contributed by atoms with van der Waals surface area (Å²) in [6, 6.07) is 27.5. The molecule has 3 aromatic rings. The molecular weight excluding hydrogens is 337 g/mol. The maximum absolute atomic E-state index is 12.9. The third-order valence-electron chi connectivity index (χ3n) is 3.77. The Morgan fingerprint density at radius 1 is 0.615 bits per heavy atom. The van der Waals surface area contributed by atoms with Gasteiger partial charge in [0.2, 0.25) is 0 Å². The minimum atomic E-state index is -4.42. The molecule has 0 spiro atoms. The van der Waals surface area contributed by atoms with Gasteiger partial charge >= 0.3 is 6.18 Å². The summed E-state index contributed by atoms with van der Waals surface area (Å²) in [7, 11) is 0. The van der Waals surface area contributed by atoms with Gasteiger partial charge in [0.05, 0.1) is 0 Å². The minimum absolute atomic E-state index is 0.209. The molecule has 0 aliphatic rings. The van der Waals surface area contributed by atoms with Gasteiger partial charge in [-0.15, -0.1) is 0 Å². The van der Waals surface area contributed by atoms with Gasteiger partial charge in [-0.1, -0.05) is 91.0 Å². The topological polar surface area (TPSA) is 9.23 Å². The van der Waals surface area contributed by atoms with Gasteiger partial charge in [0.1, 0.15) is 5.76 Å². The van der Waals surface area contributed by atoms with Gasteiger partial charge in [-0.05, 0) is 11.1 Å². The van der Waals surface area contributed by atoms with Crippen LogP contribution in [-0.4, -0.2) is 12.8 Å². The number of hydrogen-bond donors (Lipinski definition) is 0. The number of ether oxygens (including phenoxy) is 1. The lowest BCUT2D eigenvalue weighted by atomic mass is 9.94. The van der Waals surface area contributed by atoms with Crippen molar-refractivity contribution in [1.82, 2.24) is 0 Å². The van der Waals surface area contributed by atoms with Crippen LogP contribution in [0.2, 0.25) is 0 Å². The van der Waals surface area contributed by atoms with Gasteiger partial charge in [-0.3, -0.25) is 0 Å². The zero-order valence-corrected chi connectivity index (χ0v) is 13.9. The second-order valence-corrected chi connectivity index (χ2v) is 5.71. The molecule has 0 aliphatic heterocycles. The van der Waals surface area contributed by atoms with Crippen LogP contribution in [0.5, 0.6) is 0 Å². The van der Waals surface area contributed by atoms with Gasteiger partial charge in [0.25, 0.3) is 0 Å². The first-order chi connectivity index (χ1) is 12.5. The highest BCUT2D eigenvalue weighted by Gasteiger charge is 2.30. The molecule has 26 heavy (non-hydrogen) atoms. The second-order valence-electron chi connectivity index (χ2n) is 5.71. The van der Waals surface area contributed by atoms with Gasteiger partial charge < -0.3 is 4.74 Å². The highest BCUT2D eigenvalue weighted by Crippen LogP contribution is 2.34. The summed E-state index contributed by atoms with van der Waals surface area (Å²) < 4.78 is 43.9. The van der Waals surface area contributed by atoms with Crippen molar-refractivity contribution < 1.29 is 17.9 Å². The van der Waals surface area contributed by atoms with Crippen molar-refractivity contribution in [3.8, 4) is 0 Å². The number of hydrogen-bond acceptors (Lipinski definition) is 1. The van der Waals surface area contributed by atoms with Gasteiger partial charge in [0.15, 0.2) is 6.61 Å². The number of alkyl halides is 3. The maximum Gasteiger partial charge on any atom is 0.422 e. The molecule has 0 saturated carbocycles. The van der Waals surface area contributed by atoms with Crippen molar-refractivity contribution in [2.24, 2.45) is 0 Å². The van der Waals surface area contributed by atoms with Gasteiger partial charge in [-0.25, -0.2) is 0 Å². The van der Waals surface area contributed by atoms with Crippen LogP contribution < -0.4 is 0 Å². The van der Waals surface area contributed by atoms with Crippen molar-refractivity contribution in [3.63, 3.8) is 0 Å². The molecule has 0 amide bonds. The minimum Gasteiger partial charge on any atom is -0.483 e. The summed E-state index contributed by atoms with van der Waals surface area (Å²) >= 11 is 0. The molecule has 0 aromatic heterocycles. The third kappa shape index (κ3) is 4.54. The fourth-order valence-corrected chi connectivity index (χ4v) is 2.68. The van der Waals surface area contributed by atoms with Crippen LogP contribution in [0.3, 0.4) is 0 Å². The molecule has 0 bridgehead atoms. The molecule has 0 N–H and O–H groups in total. The van der Waals surface area contributed by atoms with Crippen molar-refractivity contribution in [3.05, 3.63) is 108 Å². The van der Waals surface area contributed by atoms with Gasteiger partial charge in [-0.2, -0.15) is 13.2 Å². The number of halogens is 3. The summed E-state index contributed by atoms with van der Waals surface area (Å²) in [4.78, 5) is 0. The fraction of sp³-hybridized carbons (Fsp3) is 0.0909. The van der Waals surface area contributed by atoms with E-state index >= 15 is 0 Å². The fourth-order valence-electron chi connectivity index (χ4n) is 2.68. The number of benzene rings is 3. The van der Waals surface area contributed by atoms with Crippen LogP contribution in [0.4, 0.5) is 13.2 Å². The predicted molar refractivity (Wildman–Crippen MR) is 97.2 cm³/mol. The van der Waals surface area contributed by atoms with Crippen LogP contribution in [0.15, 0.2) is 91.0 Å². The first kappa shape index (κ1) is 17.8. The lowest BCUT2D eigenvalue weighted by molar-refractivity contribution is -0.158. The monoisotopic (exact) mass is 354 g/mol. The van der Waals surface area contributed by atoms with E-state index in [1.165, 1.54) is 0 Å². The first-order valence-electron chi connectivity index (χ1n) is 8.15. The molecule has 0 unspecified atom stereocenters. The van der Waals surface area contributed by atoms with Crippen LogP contribution in [0.1, 0.15) is 16.7 Å². The normalized spacial score (nSPS) is 11.0. The average molecular weight is 354 g/mol. The molecule has 3 rings (SSSR count). The van der Waals surface area contributed by atoms with Crippen LogP contribution in [0, 0.1) is 0 Å². The summed E-state index contributed by atoms with van der Waals surface area (Å²) in [5, 5.41) is 0. The molecule has 3 aromatic carbocycles. The Hall–Kier alpha value is -3.01. The SMILES string of the molecule is FC(F)(F)COC(=C(c1ccccc1)c1ccccc1)c1ccccc1. The molecule has 0 radical (unpaired) electrons. The average Bonchev–Trinajstić information content (AvgIpc) is 2.66. The lowest BCUT2D eigenvalue weighted by Crippen LogP contribution is -2.17. The molecular formula is C22H17F3O. The van der Waals surface area contributed by atoms with E-state index in [2.05, 4.69) is 0 Å². The molecule has 1 nitrogen and oxygen atoms in total. The highest BCUT2D eigenvalue weighted by molar-refractivity contribution is 5.96. The lowest BCUT2D eigenvalue weighted by Gasteiger charge is -2.19. The van der Waals surface area contributed by atoms with Crippen molar-refractivity contribution >= 4 is 11.3 Å². The Kier molecular flexibility index (Phi) is 5.42. The maximum atomic E-state index is 12.9. The first-order valence-corrected chi connectivity index (χ1v) is 8.15. The molecule has 0 saturated heterocycles. The highest BCUT2D eigenvalue weighted by atomic mass is 19.4. The molecule has 0 fully saturated rings. The van der Waals surface area contributed by atoms with E-state index < -0.39 is 12.8 Å².